The van der Waals surface area contributed by atoms with E-state index < -0.39 is 14.5 Å². The normalized spacial score (nSPS) is 9.28. The van der Waals surface area contributed by atoms with Crippen LogP contribution >= 0.6 is 0 Å². The van der Waals surface area contributed by atoms with Crippen molar-refractivity contribution >= 4 is 32.3 Å². The van der Waals surface area contributed by atoms with Gasteiger partial charge in [-0.15, -0.1) is 0 Å². The molecule has 15 heteroatoms. The monoisotopic (exact) mass is 418 g/mol. The summed E-state index contributed by atoms with van der Waals surface area (Å²) in [5.41, 5.74) is 0. The van der Waals surface area contributed by atoms with Crippen molar-refractivity contribution in [3.63, 3.8) is 0 Å². The minimum absolute atomic E-state index is 0. The number of ether oxygens (including phenoxy) is 1. The molecule has 0 amide bonds. The van der Waals surface area contributed by atoms with Gasteiger partial charge in [0, 0.05) is 6.07 Å². The van der Waals surface area contributed by atoms with Crippen molar-refractivity contribution < 1.29 is 70.7 Å². The average Bonchev–Trinajstić information content (AvgIpc) is 2.41. The van der Waals surface area contributed by atoms with Crippen molar-refractivity contribution in [3.8, 4) is 5.75 Å². The number of halogens is 8. The van der Waals surface area contributed by atoms with E-state index in [0.29, 0.717) is 0 Å². The summed E-state index contributed by atoms with van der Waals surface area (Å²) in [5.74, 6) is 4.80. The molecule has 0 unspecified atom stereocenters. The molecule has 0 bridgehead atoms. The Kier molecular flexibility index (Phi) is 14.4. The summed E-state index contributed by atoms with van der Waals surface area (Å²) in [6, 6.07) is 4.05. The molecule has 1 rings (SSSR count). The summed E-state index contributed by atoms with van der Waals surface area (Å²) in [4.78, 5) is 30.5. The molecule has 0 saturated heterocycles. The first-order chi connectivity index (χ1) is 10.8. The second-order valence-electron chi connectivity index (χ2n) is 3.25. The largest absolute Gasteiger partial charge is 2.00 e. The maximum Gasteiger partial charge on any atom is 2.00 e. The fraction of sp³-hybridized carbons (Fsp3) is 0. The molecule has 0 aliphatic rings. The number of benzene rings is 1. The Morgan fingerprint density at radius 1 is 0.800 bits per heavy atom. The topological polar surface area (TPSA) is 60.4 Å². The van der Waals surface area contributed by atoms with Crippen molar-refractivity contribution in [1.29, 1.82) is 0 Å². The van der Waals surface area contributed by atoms with E-state index >= 15 is 0 Å². The summed E-state index contributed by atoms with van der Waals surface area (Å²) in [6.45, 7) is 0. The molecular formula is C10H4B2F8FeO4. The summed E-state index contributed by atoms with van der Waals surface area (Å²) >= 11 is 0. The molecule has 1 aromatic carbocycles. The molecule has 0 atom stereocenters. The molecule has 0 N–H and O–H groups in total. The Balaban J connectivity index is -0.000000368. The molecule has 0 aromatic heterocycles. The first-order valence-electron chi connectivity index (χ1n) is 5.32. The van der Waals surface area contributed by atoms with E-state index in [1.54, 1.807) is 11.9 Å². The fourth-order valence-electron chi connectivity index (χ4n) is 0.862. The first kappa shape index (κ1) is 27.6. The Bertz CT molecular complexity index is 711. The predicted molar refractivity (Wildman–Crippen MR) is 66.5 cm³/mol. The van der Waals surface area contributed by atoms with Crippen LogP contribution in [0, 0.1) is 0 Å². The standard InChI is InChI=1S/C10H4O4.2BF4.Fe/c11-3-4-14-10-2-1-8(6-12)9(5-10)7-13;2*2-1(3,4)5;/h1-2,4-5H;;;/q;2*-1;+2. The van der Waals surface area contributed by atoms with Crippen molar-refractivity contribution in [2.24, 2.45) is 0 Å². The summed E-state index contributed by atoms with van der Waals surface area (Å²) in [5, 5.41) is 0.138. The molecule has 138 valence electrons. The fourth-order valence-corrected chi connectivity index (χ4v) is 0.862. The summed E-state index contributed by atoms with van der Waals surface area (Å²) in [6.07, 6.45) is 0.800. The molecule has 0 heterocycles. The summed E-state index contributed by atoms with van der Waals surface area (Å²) < 4.78 is 82.7. The van der Waals surface area contributed by atoms with Crippen LogP contribution in [-0.2, 0) is 31.5 Å². The zero-order chi connectivity index (χ0) is 19.4. The number of carbonyl (C=O) groups excluding carboxylic acids is 3. The van der Waals surface area contributed by atoms with E-state index in [1.807, 2.05) is 0 Å². The van der Waals surface area contributed by atoms with Crippen LogP contribution in [0.25, 0.3) is 0 Å². The molecule has 4 nitrogen and oxygen atoms in total. The molecule has 0 fully saturated rings. The van der Waals surface area contributed by atoms with Crippen LogP contribution in [0.4, 0.5) is 34.5 Å². The third kappa shape index (κ3) is 24.1. The van der Waals surface area contributed by atoms with Gasteiger partial charge in [0.1, 0.15) is 17.6 Å². The number of hydrogen-bond acceptors (Lipinski definition) is 4. The van der Waals surface area contributed by atoms with Gasteiger partial charge in [-0.25, -0.2) is 14.4 Å². The van der Waals surface area contributed by atoms with Gasteiger partial charge < -0.3 is 39.3 Å². The molecule has 0 aliphatic heterocycles. The van der Waals surface area contributed by atoms with Gasteiger partial charge in [-0.1, -0.05) is 0 Å². The second-order valence-corrected chi connectivity index (χ2v) is 3.25. The van der Waals surface area contributed by atoms with E-state index in [-0.39, 0.29) is 33.3 Å². The minimum Gasteiger partial charge on any atom is -0.453 e. The SMILES string of the molecule is F[B-](F)(F)F.F[B-](F)(F)F.O=C=COc1ccc(=C=O)c(=C=O)c1.[Fe+2]. The van der Waals surface area contributed by atoms with E-state index in [2.05, 4.69) is 0 Å². The molecule has 1 aromatic rings. The first-order valence-corrected chi connectivity index (χ1v) is 5.32. The van der Waals surface area contributed by atoms with Crippen molar-refractivity contribution in [3.05, 3.63) is 34.9 Å². The van der Waals surface area contributed by atoms with Crippen LogP contribution in [0.5, 0.6) is 5.75 Å². The van der Waals surface area contributed by atoms with Crippen molar-refractivity contribution in [1.82, 2.24) is 0 Å². The van der Waals surface area contributed by atoms with E-state index in [4.69, 9.17) is 4.74 Å². The van der Waals surface area contributed by atoms with Crippen LogP contribution in [0.2, 0.25) is 0 Å². The second kappa shape index (κ2) is 13.1. The molecule has 0 spiro atoms. The zero-order valence-electron chi connectivity index (χ0n) is 11.5. The molecule has 0 radical (unpaired) electrons. The quantitative estimate of drug-likeness (QED) is 0.312. The minimum atomic E-state index is -6.00. The molecule has 0 aliphatic carbocycles. The van der Waals surface area contributed by atoms with E-state index in [0.717, 1.165) is 6.26 Å². The van der Waals surface area contributed by atoms with Crippen LogP contribution in [0.3, 0.4) is 0 Å². The van der Waals surface area contributed by atoms with Crippen LogP contribution in [0.1, 0.15) is 0 Å². The maximum absolute atomic E-state index is 10.4. The van der Waals surface area contributed by atoms with E-state index in [1.165, 1.54) is 24.1 Å². The van der Waals surface area contributed by atoms with Gasteiger partial charge in [0.25, 0.3) is 0 Å². The van der Waals surface area contributed by atoms with Crippen LogP contribution in [0.15, 0.2) is 24.5 Å². The van der Waals surface area contributed by atoms with Gasteiger partial charge in [0.05, 0.1) is 10.4 Å². The average molecular weight is 418 g/mol. The maximum atomic E-state index is 10.4. The Morgan fingerprint density at radius 2 is 1.20 bits per heavy atom. The predicted octanol–water partition coefficient (Wildman–Crippen LogP) is 1.01. The van der Waals surface area contributed by atoms with Crippen molar-refractivity contribution in [2.45, 2.75) is 0 Å². The molecule has 0 saturated carbocycles. The van der Waals surface area contributed by atoms with Gasteiger partial charge >= 0.3 is 31.6 Å². The Morgan fingerprint density at radius 3 is 1.52 bits per heavy atom. The van der Waals surface area contributed by atoms with Gasteiger partial charge in [-0.3, -0.25) is 0 Å². The third-order valence-corrected chi connectivity index (χ3v) is 1.45. The van der Waals surface area contributed by atoms with Gasteiger partial charge in [-0.2, -0.15) is 0 Å². The van der Waals surface area contributed by atoms with Crippen LogP contribution < -0.4 is 15.2 Å². The van der Waals surface area contributed by atoms with E-state index in [9.17, 15) is 48.9 Å². The smallest absolute Gasteiger partial charge is 0.453 e. The van der Waals surface area contributed by atoms with Crippen molar-refractivity contribution in [2.75, 3.05) is 0 Å². The Hall–Kier alpha value is -2.28. The molecule has 25 heavy (non-hydrogen) atoms. The van der Waals surface area contributed by atoms with Gasteiger partial charge in [0.15, 0.2) is 12.2 Å². The number of hydrogen-bond donors (Lipinski definition) is 0. The zero-order valence-corrected chi connectivity index (χ0v) is 12.6. The Labute approximate surface area is 144 Å². The van der Waals surface area contributed by atoms with Gasteiger partial charge in [-0.05, 0) is 12.1 Å². The van der Waals surface area contributed by atoms with Gasteiger partial charge in [0.2, 0.25) is 0 Å². The molecular weight excluding hydrogens is 414 g/mol. The summed E-state index contributed by atoms with van der Waals surface area (Å²) in [7, 11) is -12.0. The third-order valence-electron chi connectivity index (χ3n) is 1.45. The number of rotatable bonds is 2. The van der Waals surface area contributed by atoms with Crippen LogP contribution in [-0.4, -0.2) is 32.3 Å².